The van der Waals surface area contributed by atoms with E-state index in [4.69, 9.17) is 9.15 Å². The maximum absolute atomic E-state index is 13.8. The maximum Gasteiger partial charge on any atom is 0.253 e. The Balaban J connectivity index is 1.52. The molecule has 2 atom stereocenters. The van der Waals surface area contributed by atoms with Crippen molar-refractivity contribution in [3.63, 3.8) is 0 Å². The van der Waals surface area contributed by atoms with E-state index in [1.807, 2.05) is 43.5 Å². The molecule has 1 aliphatic heterocycles. The van der Waals surface area contributed by atoms with Crippen molar-refractivity contribution in [3.05, 3.63) is 105 Å². The predicted molar refractivity (Wildman–Crippen MR) is 145 cm³/mol. The van der Waals surface area contributed by atoms with Crippen LogP contribution in [0.3, 0.4) is 0 Å². The zero-order valence-electron chi connectivity index (χ0n) is 22.1. The molecule has 39 heavy (non-hydrogen) atoms. The third-order valence-corrected chi connectivity index (χ3v) is 7.23. The highest BCUT2D eigenvalue weighted by Gasteiger charge is 2.32. The lowest BCUT2D eigenvalue weighted by atomic mass is 10.00. The Morgan fingerprint density at radius 1 is 1.18 bits per heavy atom. The quantitative estimate of drug-likeness (QED) is 0.306. The minimum absolute atomic E-state index is 0.0323. The van der Waals surface area contributed by atoms with Crippen LogP contribution in [-0.2, 0) is 24.4 Å². The molecular formula is C29H31N7O3. The lowest BCUT2D eigenvalue weighted by Crippen LogP contribution is -2.35. The molecule has 5 aromatic rings. The van der Waals surface area contributed by atoms with Gasteiger partial charge in [-0.2, -0.15) is 0 Å². The van der Waals surface area contributed by atoms with Gasteiger partial charge < -0.3 is 14.1 Å². The molecule has 10 heteroatoms. The lowest BCUT2D eigenvalue weighted by molar-refractivity contribution is 0.0901. The van der Waals surface area contributed by atoms with Crippen LogP contribution in [-0.4, -0.2) is 47.8 Å². The van der Waals surface area contributed by atoms with Crippen LogP contribution in [0, 0.1) is 13.8 Å². The van der Waals surface area contributed by atoms with Crippen molar-refractivity contribution >= 4 is 10.9 Å². The summed E-state index contributed by atoms with van der Waals surface area (Å²) in [7, 11) is 0. The minimum Gasteiger partial charge on any atom is -0.468 e. The van der Waals surface area contributed by atoms with Gasteiger partial charge in [-0.3, -0.25) is 14.7 Å². The molecule has 0 bridgehead atoms. The molecule has 200 valence electrons. The van der Waals surface area contributed by atoms with Gasteiger partial charge in [0.05, 0.1) is 31.0 Å². The van der Waals surface area contributed by atoms with E-state index in [0.29, 0.717) is 31.0 Å². The number of furan rings is 1. The topological polar surface area (TPSA) is 115 Å². The van der Waals surface area contributed by atoms with Crippen molar-refractivity contribution in [2.45, 2.75) is 58.5 Å². The SMILES string of the molecule is Cc1cc(C)c2[nH]c(=O)c([C@@H](c3nnnn3C[C@H]3CCCO3)N(Cc3cccnc3)Cc3ccco3)cc2c1. The number of hydrogen-bond acceptors (Lipinski definition) is 8. The number of nitrogens with zero attached hydrogens (tertiary/aromatic N) is 6. The summed E-state index contributed by atoms with van der Waals surface area (Å²) in [6, 6.07) is 13.3. The highest BCUT2D eigenvalue weighted by atomic mass is 16.5. The van der Waals surface area contributed by atoms with Crippen LogP contribution >= 0.6 is 0 Å². The molecule has 5 heterocycles. The summed E-state index contributed by atoms with van der Waals surface area (Å²) in [5, 5.41) is 13.8. The summed E-state index contributed by atoms with van der Waals surface area (Å²) in [5.74, 6) is 1.35. The van der Waals surface area contributed by atoms with E-state index in [0.717, 1.165) is 52.8 Å². The molecule has 0 saturated carbocycles. The minimum atomic E-state index is -0.569. The first kappa shape index (κ1) is 25.1. The van der Waals surface area contributed by atoms with Crippen LogP contribution in [0.25, 0.3) is 10.9 Å². The fourth-order valence-electron chi connectivity index (χ4n) is 5.49. The van der Waals surface area contributed by atoms with Crippen molar-refractivity contribution in [2.75, 3.05) is 6.61 Å². The molecule has 0 spiro atoms. The molecule has 1 aromatic carbocycles. The van der Waals surface area contributed by atoms with Gasteiger partial charge in [-0.25, -0.2) is 4.68 Å². The molecule has 10 nitrogen and oxygen atoms in total. The van der Waals surface area contributed by atoms with Crippen LogP contribution in [0.5, 0.6) is 0 Å². The first-order chi connectivity index (χ1) is 19.0. The molecule has 4 aromatic heterocycles. The molecule has 1 fully saturated rings. The summed E-state index contributed by atoms with van der Waals surface area (Å²) in [4.78, 5) is 23.4. The van der Waals surface area contributed by atoms with Crippen LogP contribution in [0.1, 0.15) is 52.7 Å². The number of hydrogen-bond donors (Lipinski definition) is 1. The van der Waals surface area contributed by atoms with E-state index in [9.17, 15) is 4.79 Å². The lowest BCUT2D eigenvalue weighted by Gasteiger charge is -2.30. The van der Waals surface area contributed by atoms with Crippen molar-refractivity contribution < 1.29 is 9.15 Å². The number of aromatic amines is 1. The van der Waals surface area contributed by atoms with E-state index in [1.54, 1.807) is 17.1 Å². The van der Waals surface area contributed by atoms with E-state index in [-0.39, 0.29) is 11.7 Å². The van der Waals surface area contributed by atoms with Gasteiger partial charge >= 0.3 is 0 Å². The third-order valence-electron chi connectivity index (χ3n) is 7.23. The summed E-state index contributed by atoms with van der Waals surface area (Å²) in [6.07, 6.45) is 7.23. The van der Waals surface area contributed by atoms with E-state index >= 15 is 0 Å². The van der Waals surface area contributed by atoms with Crippen LogP contribution in [0.15, 0.2) is 70.3 Å². The second-order valence-electron chi connectivity index (χ2n) is 10.2. The number of benzene rings is 1. The molecular weight excluding hydrogens is 494 g/mol. The number of aromatic nitrogens is 6. The summed E-state index contributed by atoms with van der Waals surface area (Å²) < 4.78 is 13.4. The van der Waals surface area contributed by atoms with Gasteiger partial charge in [0.15, 0.2) is 5.82 Å². The standard InChI is InChI=1S/C29H31N7O3/c1-19-12-20(2)26-22(13-19)14-25(29(37)31-26)27(28-32-33-34-36(28)18-24-8-5-11-39-24)35(17-23-7-4-10-38-23)16-21-6-3-9-30-15-21/h3-4,6-7,9-10,12-15,24,27H,5,8,11,16-18H2,1-2H3,(H,31,37)/t24-,27+/m1/s1. The molecule has 0 aliphatic carbocycles. The Kier molecular flexibility index (Phi) is 7.04. The van der Waals surface area contributed by atoms with Crippen molar-refractivity contribution in [3.8, 4) is 0 Å². The van der Waals surface area contributed by atoms with Gasteiger partial charge in [-0.1, -0.05) is 17.7 Å². The molecule has 1 aliphatic rings. The van der Waals surface area contributed by atoms with E-state index < -0.39 is 6.04 Å². The van der Waals surface area contributed by atoms with Crippen LogP contribution < -0.4 is 5.56 Å². The Morgan fingerprint density at radius 2 is 2.10 bits per heavy atom. The number of tetrazole rings is 1. The van der Waals surface area contributed by atoms with E-state index in [2.05, 4.69) is 49.4 Å². The number of H-pyrrole nitrogens is 1. The number of fused-ring (bicyclic) bond motifs is 1. The average molecular weight is 526 g/mol. The monoisotopic (exact) mass is 525 g/mol. The first-order valence-corrected chi connectivity index (χ1v) is 13.2. The molecule has 0 unspecified atom stereocenters. The van der Waals surface area contributed by atoms with Crippen molar-refractivity contribution in [1.82, 2.24) is 35.1 Å². The first-order valence-electron chi connectivity index (χ1n) is 13.2. The summed E-state index contributed by atoms with van der Waals surface area (Å²) in [5.41, 5.74) is 4.36. The fourth-order valence-corrected chi connectivity index (χ4v) is 5.49. The van der Waals surface area contributed by atoms with Gasteiger partial charge in [-0.15, -0.1) is 5.10 Å². The van der Waals surface area contributed by atoms with Crippen LogP contribution in [0.4, 0.5) is 0 Å². The van der Waals surface area contributed by atoms with Gasteiger partial charge in [0.1, 0.15) is 11.8 Å². The zero-order valence-corrected chi connectivity index (χ0v) is 22.1. The van der Waals surface area contributed by atoms with Crippen LogP contribution in [0.2, 0.25) is 0 Å². The largest absolute Gasteiger partial charge is 0.468 e. The highest BCUT2D eigenvalue weighted by Crippen LogP contribution is 2.31. The normalized spacial score (nSPS) is 16.3. The second kappa shape index (κ2) is 10.9. The number of rotatable bonds is 9. The highest BCUT2D eigenvalue weighted by molar-refractivity contribution is 5.83. The summed E-state index contributed by atoms with van der Waals surface area (Å²) >= 11 is 0. The van der Waals surface area contributed by atoms with Gasteiger partial charge in [-0.05, 0) is 84.0 Å². The summed E-state index contributed by atoms with van der Waals surface area (Å²) in [6.45, 7) is 6.25. The predicted octanol–water partition coefficient (Wildman–Crippen LogP) is 4.09. The molecule has 1 saturated heterocycles. The second-order valence-corrected chi connectivity index (χ2v) is 10.2. The third kappa shape index (κ3) is 5.39. The Morgan fingerprint density at radius 3 is 2.87 bits per heavy atom. The van der Waals surface area contributed by atoms with Crippen molar-refractivity contribution in [2.24, 2.45) is 0 Å². The van der Waals surface area contributed by atoms with E-state index in [1.165, 1.54) is 0 Å². The fraction of sp³-hybridized carbons (Fsp3) is 0.345. The molecule has 6 rings (SSSR count). The molecule has 1 N–H and O–H groups in total. The molecule has 0 amide bonds. The number of ether oxygens (including phenoxy) is 1. The number of nitrogens with one attached hydrogen (secondary N) is 1. The zero-order chi connectivity index (χ0) is 26.8. The van der Waals surface area contributed by atoms with Gasteiger partial charge in [0, 0.05) is 31.1 Å². The van der Waals surface area contributed by atoms with Gasteiger partial charge in [0.2, 0.25) is 0 Å². The number of pyridine rings is 2. The Hall–Kier alpha value is -4.15. The average Bonchev–Trinajstić information content (AvgIpc) is 3.71. The number of aryl methyl sites for hydroxylation is 2. The van der Waals surface area contributed by atoms with Crippen molar-refractivity contribution in [1.29, 1.82) is 0 Å². The Labute approximate surface area is 225 Å². The maximum atomic E-state index is 13.8. The van der Waals surface area contributed by atoms with Gasteiger partial charge in [0.25, 0.3) is 5.56 Å². The smallest absolute Gasteiger partial charge is 0.253 e. The molecule has 0 radical (unpaired) electrons. The Bertz CT molecular complexity index is 1610.